The molecule has 0 atom stereocenters. The van der Waals surface area contributed by atoms with E-state index >= 15 is 0 Å². The first-order chi connectivity index (χ1) is 9.88. The van der Waals surface area contributed by atoms with Crippen molar-refractivity contribution in [1.82, 2.24) is 0 Å². The molecule has 1 amide bonds. The highest BCUT2D eigenvalue weighted by molar-refractivity contribution is 6.31. The minimum absolute atomic E-state index is 0.0896. The Morgan fingerprint density at radius 2 is 1.81 bits per heavy atom. The Hall–Kier alpha value is -2.60. The number of hydrogen-bond acceptors (Lipinski definition) is 3. The maximum absolute atomic E-state index is 13.1. The highest BCUT2D eigenvalue weighted by Crippen LogP contribution is 2.24. The molecule has 7 heteroatoms. The zero-order valence-electron chi connectivity index (χ0n) is 10.4. The molecule has 108 valence electrons. The van der Waals surface area contributed by atoms with Gasteiger partial charge in [-0.05, 0) is 36.4 Å². The van der Waals surface area contributed by atoms with Gasteiger partial charge in [0.2, 0.25) is 0 Å². The molecule has 3 N–H and O–H groups in total. The normalized spacial score (nSPS) is 10.2. The van der Waals surface area contributed by atoms with Gasteiger partial charge in [0.25, 0.3) is 5.91 Å². The number of anilines is 1. The fraction of sp³-hybridized carbons (Fsp3) is 0. The summed E-state index contributed by atoms with van der Waals surface area (Å²) in [6.45, 7) is 0. The third kappa shape index (κ3) is 3.29. The lowest BCUT2D eigenvalue weighted by Crippen LogP contribution is -2.15. The summed E-state index contributed by atoms with van der Waals surface area (Å²) < 4.78 is 13.1. The molecule has 0 saturated carbocycles. The number of aromatic hydroxyl groups is 1. The number of amides is 1. The van der Waals surface area contributed by atoms with Crippen molar-refractivity contribution in [3.8, 4) is 5.75 Å². The van der Waals surface area contributed by atoms with E-state index in [4.69, 9.17) is 16.7 Å². The van der Waals surface area contributed by atoms with Crippen molar-refractivity contribution in [1.29, 1.82) is 0 Å². The number of carbonyl (C=O) groups excluding carboxylic acids is 1. The molecule has 0 spiro atoms. The number of hydrogen-bond donors (Lipinski definition) is 3. The molecule has 0 aliphatic rings. The first-order valence-electron chi connectivity index (χ1n) is 5.71. The van der Waals surface area contributed by atoms with Crippen LogP contribution < -0.4 is 5.32 Å². The number of phenols is 1. The molecule has 5 nitrogen and oxygen atoms in total. The number of carboxylic acid groups (broad SMARTS) is 1. The van der Waals surface area contributed by atoms with Crippen molar-refractivity contribution in [3.63, 3.8) is 0 Å². The summed E-state index contributed by atoms with van der Waals surface area (Å²) in [5.74, 6) is -3.20. The Bertz CT molecular complexity index is 733. The summed E-state index contributed by atoms with van der Waals surface area (Å²) in [6, 6.07) is 6.79. The van der Waals surface area contributed by atoms with Gasteiger partial charge < -0.3 is 15.5 Å². The zero-order chi connectivity index (χ0) is 15.6. The van der Waals surface area contributed by atoms with E-state index in [1.54, 1.807) is 0 Å². The second kappa shape index (κ2) is 5.80. The van der Waals surface area contributed by atoms with E-state index in [0.29, 0.717) is 0 Å². The fourth-order valence-electron chi connectivity index (χ4n) is 1.68. The molecule has 0 fully saturated rings. The zero-order valence-corrected chi connectivity index (χ0v) is 11.2. The monoisotopic (exact) mass is 309 g/mol. The molecule has 0 radical (unpaired) electrons. The van der Waals surface area contributed by atoms with Crippen LogP contribution in [-0.2, 0) is 0 Å². The Morgan fingerprint density at radius 3 is 2.48 bits per heavy atom. The molecular formula is C14H9ClFNO4. The SMILES string of the molecule is O=C(Nc1ccc(F)cc1C(=O)O)c1cc(Cl)ccc1O. The number of carbonyl (C=O) groups is 2. The van der Waals surface area contributed by atoms with Crippen molar-refractivity contribution in [2.24, 2.45) is 0 Å². The minimum atomic E-state index is -1.39. The average Bonchev–Trinajstić information content (AvgIpc) is 2.43. The van der Waals surface area contributed by atoms with E-state index in [2.05, 4.69) is 5.32 Å². The van der Waals surface area contributed by atoms with E-state index in [0.717, 1.165) is 18.2 Å². The van der Waals surface area contributed by atoms with E-state index in [1.807, 2.05) is 0 Å². The third-order valence-electron chi connectivity index (χ3n) is 2.66. The lowest BCUT2D eigenvalue weighted by molar-refractivity contribution is 0.0697. The van der Waals surface area contributed by atoms with Crippen LogP contribution >= 0.6 is 11.6 Å². The van der Waals surface area contributed by atoms with E-state index in [1.165, 1.54) is 18.2 Å². The van der Waals surface area contributed by atoms with E-state index < -0.39 is 23.3 Å². The van der Waals surface area contributed by atoms with Gasteiger partial charge >= 0.3 is 5.97 Å². The van der Waals surface area contributed by atoms with Gasteiger partial charge in [0, 0.05) is 5.02 Å². The topological polar surface area (TPSA) is 86.6 Å². The smallest absolute Gasteiger partial charge is 0.337 e. The molecule has 21 heavy (non-hydrogen) atoms. The molecule has 0 aromatic heterocycles. The average molecular weight is 310 g/mol. The van der Waals surface area contributed by atoms with Crippen molar-refractivity contribution >= 4 is 29.2 Å². The minimum Gasteiger partial charge on any atom is -0.507 e. The van der Waals surface area contributed by atoms with Crippen LogP contribution in [0.5, 0.6) is 5.75 Å². The summed E-state index contributed by atoms with van der Waals surface area (Å²) in [5, 5.41) is 21.1. The Balaban J connectivity index is 2.36. The number of aromatic carboxylic acids is 1. The Morgan fingerprint density at radius 1 is 1.10 bits per heavy atom. The Labute approximate surface area is 123 Å². The van der Waals surface area contributed by atoms with Gasteiger partial charge in [0.15, 0.2) is 0 Å². The number of phenolic OH excluding ortho intramolecular Hbond substituents is 1. The first-order valence-corrected chi connectivity index (χ1v) is 6.09. The lowest BCUT2D eigenvalue weighted by Gasteiger charge is -2.10. The van der Waals surface area contributed by atoms with Gasteiger partial charge in [0.1, 0.15) is 11.6 Å². The fourth-order valence-corrected chi connectivity index (χ4v) is 1.85. The molecule has 2 aromatic rings. The number of rotatable bonds is 3. The van der Waals surface area contributed by atoms with Crippen LogP contribution in [0.2, 0.25) is 5.02 Å². The van der Waals surface area contributed by atoms with Gasteiger partial charge in [-0.1, -0.05) is 11.6 Å². The summed E-state index contributed by atoms with van der Waals surface area (Å²) in [7, 11) is 0. The van der Waals surface area contributed by atoms with Crippen LogP contribution in [0.3, 0.4) is 0 Å². The molecule has 0 aliphatic heterocycles. The number of benzene rings is 2. The van der Waals surface area contributed by atoms with Crippen LogP contribution in [0.25, 0.3) is 0 Å². The highest BCUT2D eigenvalue weighted by atomic mass is 35.5. The van der Waals surface area contributed by atoms with Crippen LogP contribution in [0.1, 0.15) is 20.7 Å². The van der Waals surface area contributed by atoms with Gasteiger partial charge in [0.05, 0.1) is 16.8 Å². The molecular weight excluding hydrogens is 301 g/mol. The maximum atomic E-state index is 13.1. The van der Waals surface area contributed by atoms with E-state index in [-0.39, 0.29) is 22.0 Å². The molecule has 0 heterocycles. The van der Waals surface area contributed by atoms with Crippen LogP contribution in [-0.4, -0.2) is 22.1 Å². The molecule has 0 saturated heterocycles. The quantitative estimate of drug-likeness (QED) is 0.813. The molecule has 2 aromatic carbocycles. The lowest BCUT2D eigenvalue weighted by atomic mass is 10.1. The van der Waals surface area contributed by atoms with Gasteiger partial charge in [-0.3, -0.25) is 4.79 Å². The summed E-state index contributed by atoms with van der Waals surface area (Å²) in [5.41, 5.74) is -0.610. The standard InChI is InChI=1S/C14H9ClFNO4/c15-7-1-4-12(18)10(5-7)13(19)17-11-3-2-8(16)6-9(11)14(20)21/h1-6,18H,(H,17,19)(H,20,21). The number of halogens is 2. The van der Waals surface area contributed by atoms with Gasteiger partial charge in [-0.2, -0.15) is 0 Å². The largest absolute Gasteiger partial charge is 0.507 e. The second-order valence-corrected chi connectivity index (χ2v) is 4.55. The summed E-state index contributed by atoms with van der Waals surface area (Å²) in [4.78, 5) is 23.1. The first kappa shape index (κ1) is 14.8. The summed E-state index contributed by atoms with van der Waals surface area (Å²) >= 11 is 5.73. The third-order valence-corrected chi connectivity index (χ3v) is 2.90. The predicted molar refractivity (Wildman–Crippen MR) is 74.4 cm³/mol. The van der Waals surface area contributed by atoms with Crippen molar-refractivity contribution in [2.45, 2.75) is 0 Å². The maximum Gasteiger partial charge on any atom is 0.337 e. The van der Waals surface area contributed by atoms with Crippen LogP contribution in [0, 0.1) is 5.82 Å². The van der Waals surface area contributed by atoms with E-state index in [9.17, 15) is 19.1 Å². The second-order valence-electron chi connectivity index (χ2n) is 4.11. The van der Waals surface area contributed by atoms with Crippen molar-refractivity contribution in [3.05, 3.63) is 58.4 Å². The molecule has 0 bridgehead atoms. The Kier molecular flexibility index (Phi) is 4.09. The van der Waals surface area contributed by atoms with Crippen molar-refractivity contribution < 1.29 is 24.2 Å². The van der Waals surface area contributed by atoms with Crippen molar-refractivity contribution in [2.75, 3.05) is 5.32 Å². The predicted octanol–water partition coefficient (Wildman–Crippen LogP) is 3.14. The van der Waals surface area contributed by atoms with Gasteiger partial charge in [-0.15, -0.1) is 0 Å². The summed E-state index contributed by atoms with van der Waals surface area (Å²) in [6.07, 6.45) is 0. The molecule has 2 rings (SSSR count). The number of carboxylic acids is 1. The molecule has 0 unspecified atom stereocenters. The van der Waals surface area contributed by atoms with Gasteiger partial charge in [-0.25, -0.2) is 9.18 Å². The number of nitrogens with one attached hydrogen (secondary N) is 1. The highest BCUT2D eigenvalue weighted by Gasteiger charge is 2.17. The van der Waals surface area contributed by atoms with Crippen LogP contribution in [0.15, 0.2) is 36.4 Å². The van der Waals surface area contributed by atoms with Crippen LogP contribution in [0.4, 0.5) is 10.1 Å². The molecule has 0 aliphatic carbocycles.